The molecule has 0 aliphatic carbocycles. The van der Waals surface area contributed by atoms with E-state index in [1.165, 1.54) is 11.3 Å². The van der Waals surface area contributed by atoms with Crippen LogP contribution in [0.2, 0.25) is 0 Å². The average Bonchev–Trinajstić information content (AvgIpc) is 3.26. The second-order valence-corrected chi connectivity index (χ2v) is 7.32. The van der Waals surface area contributed by atoms with E-state index in [0.717, 1.165) is 31.3 Å². The number of carbonyl (C=O) groups is 2. The molecular formula is C15H19N5O2S2. The van der Waals surface area contributed by atoms with Crippen LogP contribution in [0, 0.1) is 0 Å². The van der Waals surface area contributed by atoms with Gasteiger partial charge in [-0.2, -0.15) is 0 Å². The van der Waals surface area contributed by atoms with Crippen LogP contribution in [-0.4, -0.2) is 53.9 Å². The van der Waals surface area contributed by atoms with Gasteiger partial charge in [0.25, 0.3) is 5.91 Å². The average molecular weight is 365 g/mol. The fourth-order valence-electron chi connectivity index (χ4n) is 2.65. The van der Waals surface area contributed by atoms with Gasteiger partial charge >= 0.3 is 0 Å². The summed E-state index contributed by atoms with van der Waals surface area (Å²) in [5, 5.41) is 8.07. The lowest BCUT2D eigenvalue weighted by molar-refractivity contribution is -0.120. The first-order valence-corrected chi connectivity index (χ1v) is 9.39. The molecule has 3 rings (SSSR count). The highest BCUT2D eigenvalue weighted by Crippen LogP contribution is 2.24. The summed E-state index contributed by atoms with van der Waals surface area (Å²) >= 11 is 2.93. The number of carbonyl (C=O) groups excluding carboxylic acids is 2. The van der Waals surface area contributed by atoms with Crippen LogP contribution in [-0.2, 0) is 4.79 Å². The minimum absolute atomic E-state index is 0.123. The highest BCUT2D eigenvalue weighted by Gasteiger charge is 2.27. The summed E-state index contributed by atoms with van der Waals surface area (Å²) in [6.07, 6.45) is 1.81. The van der Waals surface area contributed by atoms with Gasteiger partial charge < -0.3 is 16.0 Å². The summed E-state index contributed by atoms with van der Waals surface area (Å²) in [5.41, 5.74) is 5.67. The molecule has 7 nitrogen and oxygen atoms in total. The Morgan fingerprint density at radius 1 is 1.25 bits per heavy atom. The Morgan fingerprint density at radius 2 is 2.00 bits per heavy atom. The van der Waals surface area contributed by atoms with E-state index in [-0.39, 0.29) is 11.9 Å². The van der Waals surface area contributed by atoms with E-state index in [4.69, 9.17) is 5.73 Å². The van der Waals surface area contributed by atoms with Crippen molar-refractivity contribution in [3.8, 4) is 0 Å². The van der Waals surface area contributed by atoms with Crippen molar-refractivity contribution < 1.29 is 9.59 Å². The third kappa shape index (κ3) is 3.58. The molecular weight excluding hydrogens is 346 g/mol. The lowest BCUT2D eigenvalue weighted by Crippen LogP contribution is -2.52. The van der Waals surface area contributed by atoms with Gasteiger partial charge in [0, 0.05) is 37.8 Å². The van der Waals surface area contributed by atoms with Crippen molar-refractivity contribution in [1.82, 2.24) is 9.88 Å². The molecule has 0 aromatic carbocycles. The Kier molecular flexibility index (Phi) is 5.12. The number of thiophene rings is 1. The summed E-state index contributed by atoms with van der Waals surface area (Å²) < 4.78 is 0. The van der Waals surface area contributed by atoms with Crippen molar-refractivity contribution in [1.29, 1.82) is 0 Å². The maximum atomic E-state index is 12.5. The summed E-state index contributed by atoms with van der Waals surface area (Å²) in [4.78, 5) is 32.5. The lowest BCUT2D eigenvalue weighted by atomic mass is 10.2. The number of rotatable bonds is 5. The number of nitrogens with one attached hydrogen (secondary N) is 1. The number of piperazine rings is 1. The highest BCUT2D eigenvalue weighted by molar-refractivity contribution is 7.14. The van der Waals surface area contributed by atoms with E-state index in [0.29, 0.717) is 10.6 Å². The van der Waals surface area contributed by atoms with Crippen molar-refractivity contribution in [3.63, 3.8) is 0 Å². The first kappa shape index (κ1) is 16.9. The molecule has 0 saturated carbocycles. The molecule has 1 aliphatic rings. The Labute approximate surface area is 148 Å². The van der Waals surface area contributed by atoms with Gasteiger partial charge in [-0.15, -0.1) is 22.7 Å². The Bertz CT molecular complexity index is 707. The Hall–Kier alpha value is -1.97. The molecule has 0 bridgehead atoms. The van der Waals surface area contributed by atoms with Crippen LogP contribution in [0.1, 0.15) is 17.3 Å². The Balaban J connectivity index is 1.56. The van der Waals surface area contributed by atoms with Crippen molar-refractivity contribution >= 4 is 44.6 Å². The van der Waals surface area contributed by atoms with Crippen LogP contribution < -0.4 is 16.0 Å². The maximum Gasteiger partial charge on any atom is 0.251 e. The largest absolute Gasteiger partial charge is 0.366 e. The molecule has 2 aromatic rings. The molecule has 9 heteroatoms. The SMILES string of the molecule is CC(C(=O)Nc1sccc1C(N)=O)N1CCN(c2nccs2)CC1. The number of hydrogen-bond donors (Lipinski definition) is 2. The fraction of sp³-hybridized carbons (Fsp3) is 0.400. The smallest absolute Gasteiger partial charge is 0.251 e. The second-order valence-electron chi connectivity index (χ2n) is 5.53. The topological polar surface area (TPSA) is 91.6 Å². The first-order chi connectivity index (χ1) is 11.6. The summed E-state index contributed by atoms with van der Waals surface area (Å²) in [6, 6.07) is 1.35. The van der Waals surface area contributed by atoms with Gasteiger partial charge in [-0.3, -0.25) is 14.5 Å². The third-order valence-electron chi connectivity index (χ3n) is 4.10. The van der Waals surface area contributed by atoms with Gasteiger partial charge in [-0.1, -0.05) is 0 Å². The van der Waals surface area contributed by atoms with E-state index in [1.54, 1.807) is 29.0 Å². The minimum Gasteiger partial charge on any atom is -0.366 e. The number of nitrogens with zero attached hydrogens (tertiary/aromatic N) is 3. The van der Waals surface area contributed by atoms with Crippen LogP contribution in [0.5, 0.6) is 0 Å². The zero-order chi connectivity index (χ0) is 17.1. The molecule has 1 unspecified atom stereocenters. The lowest BCUT2D eigenvalue weighted by Gasteiger charge is -2.37. The molecule has 3 N–H and O–H groups in total. The third-order valence-corrected chi connectivity index (χ3v) is 5.76. The van der Waals surface area contributed by atoms with Gasteiger partial charge in [0.15, 0.2) is 5.13 Å². The van der Waals surface area contributed by atoms with Gasteiger partial charge in [-0.05, 0) is 18.4 Å². The zero-order valence-corrected chi connectivity index (χ0v) is 14.9. The predicted molar refractivity (Wildman–Crippen MR) is 96.8 cm³/mol. The highest BCUT2D eigenvalue weighted by atomic mass is 32.1. The zero-order valence-electron chi connectivity index (χ0n) is 13.3. The molecule has 1 atom stereocenters. The maximum absolute atomic E-state index is 12.5. The number of hydrogen-bond acceptors (Lipinski definition) is 7. The van der Waals surface area contributed by atoms with Gasteiger partial charge in [-0.25, -0.2) is 4.98 Å². The molecule has 1 aliphatic heterocycles. The van der Waals surface area contributed by atoms with Gasteiger partial charge in [0.05, 0.1) is 11.6 Å². The molecule has 2 amide bonds. The molecule has 3 heterocycles. The molecule has 1 fully saturated rings. The molecule has 2 aromatic heterocycles. The number of thiazole rings is 1. The van der Waals surface area contributed by atoms with Crippen molar-refractivity contribution in [2.45, 2.75) is 13.0 Å². The first-order valence-electron chi connectivity index (χ1n) is 7.63. The Morgan fingerprint density at radius 3 is 2.62 bits per heavy atom. The summed E-state index contributed by atoms with van der Waals surface area (Å²) in [5.74, 6) is -0.654. The quantitative estimate of drug-likeness (QED) is 0.837. The van der Waals surface area contributed by atoms with Crippen LogP contribution in [0.4, 0.5) is 10.1 Å². The predicted octanol–water partition coefficient (Wildman–Crippen LogP) is 1.45. The number of nitrogens with two attached hydrogens (primary N) is 1. The minimum atomic E-state index is -0.531. The molecule has 128 valence electrons. The monoisotopic (exact) mass is 365 g/mol. The number of primary amides is 1. The van der Waals surface area contributed by atoms with E-state index < -0.39 is 5.91 Å². The van der Waals surface area contributed by atoms with Gasteiger partial charge in [0.1, 0.15) is 5.00 Å². The van der Waals surface area contributed by atoms with E-state index in [1.807, 2.05) is 12.3 Å². The molecule has 1 saturated heterocycles. The van der Waals surface area contributed by atoms with E-state index in [2.05, 4.69) is 20.1 Å². The number of anilines is 2. The van der Waals surface area contributed by atoms with Crippen molar-refractivity contribution in [3.05, 3.63) is 28.6 Å². The van der Waals surface area contributed by atoms with Gasteiger partial charge in [0.2, 0.25) is 5.91 Å². The summed E-state index contributed by atoms with van der Waals surface area (Å²) in [6.45, 7) is 5.15. The normalized spacial score (nSPS) is 16.8. The fourth-order valence-corrected chi connectivity index (χ4v) is 4.15. The standard InChI is InChI=1S/C15H19N5O2S2/c1-10(13(22)18-14-11(12(16)21)2-8-23-14)19-4-6-20(7-5-19)15-17-3-9-24-15/h2-3,8-10H,4-7H2,1H3,(H2,16,21)(H,18,22). The van der Waals surface area contributed by atoms with Crippen LogP contribution >= 0.6 is 22.7 Å². The molecule has 24 heavy (non-hydrogen) atoms. The van der Waals surface area contributed by atoms with Crippen LogP contribution in [0.25, 0.3) is 0 Å². The number of amides is 2. The molecule has 0 spiro atoms. The van der Waals surface area contributed by atoms with E-state index >= 15 is 0 Å². The van der Waals surface area contributed by atoms with E-state index in [9.17, 15) is 9.59 Å². The second kappa shape index (κ2) is 7.29. The van der Waals surface area contributed by atoms with Crippen LogP contribution in [0.3, 0.4) is 0 Å². The number of aromatic nitrogens is 1. The molecule has 0 radical (unpaired) electrons. The van der Waals surface area contributed by atoms with Crippen LogP contribution in [0.15, 0.2) is 23.0 Å². The summed E-state index contributed by atoms with van der Waals surface area (Å²) in [7, 11) is 0. The van der Waals surface area contributed by atoms with Crippen molar-refractivity contribution in [2.75, 3.05) is 36.4 Å². The van der Waals surface area contributed by atoms with Crippen molar-refractivity contribution in [2.24, 2.45) is 5.73 Å².